The second kappa shape index (κ2) is 7.57. The summed E-state index contributed by atoms with van der Waals surface area (Å²) in [5.41, 5.74) is 2.24. The quantitative estimate of drug-likeness (QED) is 0.811. The molecule has 0 saturated carbocycles. The largest absolute Gasteiger partial charge is 0.306 e. The maximum Gasteiger partial charge on any atom is 0.242 e. The molecule has 124 valence electrons. The van der Waals surface area contributed by atoms with Crippen LogP contribution in [-0.4, -0.2) is 26.8 Å². The maximum atomic E-state index is 12.1. The summed E-state index contributed by atoms with van der Waals surface area (Å²) in [6.07, 6.45) is 0. The highest BCUT2D eigenvalue weighted by Crippen LogP contribution is 2.20. The van der Waals surface area contributed by atoms with Gasteiger partial charge in [0.25, 0.3) is 0 Å². The molecule has 1 N–H and O–H groups in total. The Morgan fingerprint density at radius 3 is 2.26 bits per heavy atom. The van der Waals surface area contributed by atoms with E-state index in [0.29, 0.717) is 4.90 Å². The number of benzene rings is 2. The van der Waals surface area contributed by atoms with E-state index >= 15 is 0 Å². The van der Waals surface area contributed by atoms with E-state index in [1.54, 1.807) is 12.1 Å². The van der Waals surface area contributed by atoms with E-state index in [2.05, 4.69) is 34.2 Å². The maximum absolute atomic E-state index is 12.1. The lowest BCUT2D eigenvalue weighted by Gasteiger charge is -2.16. The summed E-state index contributed by atoms with van der Waals surface area (Å²) in [6, 6.07) is 15.2. The van der Waals surface area contributed by atoms with Crippen molar-refractivity contribution in [3.8, 4) is 0 Å². The molecule has 0 saturated heterocycles. The Bertz CT molecular complexity index is 758. The van der Waals surface area contributed by atoms with Crippen molar-refractivity contribution >= 4 is 26.0 Å². The van der Waals surface area contributed by atoms with Gasteiger partial charge in [0.05, 0.1) is 4.90 Å². The number of nitrogens with zero attached hydrogens (tertiary/aromatic N) is 1. The lowest BCUT2D eigenvalue weighted by atomic mass is 10.1. The number of nitrogens with one attached hydrogen (secondary N) is 1. The Morgan fingerprint density at radius 1 is 1.09 bits per heavy atom. The Labute approximate surface area is 146 Å². The highest BCUT2D eigenvalue weighted by atomic mass is 79.9. The fourth-order valence-electron chi connectivity index (χ4n) is 2.16. The van der Waals surface area contributed by atoms with Gasteiger partial charge in [-0.15, -0.1) is 0 Å². The van der Waals surface area contributed by atoms with Crippen molar-refractivity contribution in [2.24, 2.45) is 0 Å². The van der Waals surface area contributed by atoms with Crippen LogP contribution in [0.5, 0.6) is 0 Å². The molecule has 0 aliphatic heterocycles. The number of rotatable bonds is 6. The number of halogens is 1. The van der Waals surface area contributed by atoms with Crippen LogP contribution in [0.2, 0.25) is 0 Å². The van der Waals surface area contributed by atoms with Gasteiger partial charge in [0.15, 0.2) is 0 Å². The van der Waals surface area contributed by atoms with Crippen LogP contribution in [0.15, 0.2) is 57.9 Å². The van der Waals surface area contributed by atoms with Gasteiger partial charge < -0.3 is 5.32 Å². The highest BCUT2D eigenvalue weighted by Gasteiger charge is 2.17. The minimum absolute atomic E-state index is 0.123. The molecule has 0 spiro atoms. The Hall–Kier alpha value is -1.21. The van der Waals surface area contributed by atoms with E-state index in [1.165, 1.54) is 24.0 Å². The Balaban J connectivity index is 2.06. The van der Waals surface area contributed by atoms with E-state index in [4.69, 9.17) is 0 Å². The molecule has 2 aromatic rings. The molecule has 0 fully saturated rings. The first-order chi connectivity index (χ1) is 10.8. The molecule has 2 aromatic carbocycles. The molecule has 0 aliphatic rings. The van der Waals surface area contributed by atoms with Crippen molar-refractivity contribution in [2.45, 2.75) is 24.4 Å². The summed E-state index contributed by atoms with van der Waals surface area (Å²) in [7, 11) is -0.308. The third-order valence-corrected chi connectivity index (χ3v) is 6.32. The van der Waals surface area contributed by atoms with Gasteiger partial charge >= 0.3 is 0 Å². The SMILES string of the molecule is CC(NCc1ccccc1Br)c1ccc(S(=O)(=O)N(C)C)cc1. The van der Waals surface area contributed by atoms with Gasteiger partial charge in [-0.1, -0.05) is 46.3 Å². The topological polar surface area (TPSA) is 49.4 Å². The summed E-state index contributed by atoms with van der Waals surface area (Å²) in [4.78, 5) is 0.309. The summed E-state index contributed by atoms with van der Waals surface area (Å²) in [5, 5.41) is 3.45. The van der Waals surface area contributed by atoms with Gasteiger partial charge in [-0.3, -0.25) is 0 Å². The molecule has 0 amide bonds. The zero-order valence-electron chi connectivity index (χ0n) is 13.5. The molecule has 0 heterocycles. The van der Waals surface area contributed by atoms with Crippen LogP contribution < -0.4 is 5.32 Å². The van der Waals surface area contributed by atoms with Crippen molar-refractivity contribution in [3.63, 3.8) is 0 Å². The molecule has 0 bridgehead atoms. The number of hydrogen-bond acceptors (Lipinski definition) is 3. The Morgan fingerprint density at radius 2 is 1.70 bits per heavy atom. The first kappa shape index (κ1) is 18.1. The van der Waals surface area contributed by atoms with Gasteiger partial charge in [-0.25, -0.2) is 12.7 Å². The standard InChI is InChI=1S/C17H21BrN2O2S/c1-13(19-12-15-6-4-5-7-17(15)18)14-8-10-16(11-9-14)23(21,22)20(2)3/h4-11,13,19H,12H2,1-3H3. The zero-order chi connectivity index (χ0) is 17.0. The highest BCUT2D eigenvalue weighted by molar-refractivity contribution is 9.10. The lowest BCUT2D eigenvalue weighted by molar-refractivity contribution is 0.520. The Kier molecular flexibility index (Phi) is 5.97. The van der Waals surface area contributed by atoms with Gasteiger partial charge in [-0.05, 0) is 36.2 Å². The van der Waals surface area contributed by atoms with E-state index in [0.717, 1.165) is 16.6 Å². The fourth-order valence-corrected chi connectivity index (χ4v) is 3.49. The first-order valence-electron chi connectivity index (χ1n) is 7.31. The van der Waals surface area contributed by atoms with E-state index < -0.39 is 10.0 Å². The van der Waals surface area contributed by atoms with E-state index in [9.17, 15) is 8.42 Å². The second-order valence-electron chi connectivity index (χ2n) is 5.55. The first-order valence-corrected chi connectivity index (χ1v) is 9.55. The van der Waals surface area contributed by atoms with Crippen molar-refractivity contribution in [1.82, 2.24) is 9.62 Å². The van der Waals surface area contributed by atoms with Crippen LogP contribution in [0, 0.1) is 0 Å². The van der Waals surface area contributed by atoms with Crippen LogP contribution in [0.3, 0.4) is 0 Å². The summed E-state index contributed by atoms with van der Waals surface area (Å²) >= 11 is 3.54. The summed E-state index contributed by atoms with van der Waals surface area (Å²) in [5.74, 6) is 0. The normalized spacial score (nSPS) is 13.3. The summed E-state index contributed by atoms with van der Waals surface area (Å²) < 4.78 is 26.4. The predicted molar refractivity (Wildman–Crippen MR) is 96.7 cm³/mol. The van der Waals surface area contributed by atoms with Crippen LogP contribution in [0.4, 0.5) is 0 Å². The molecular formula is C17H21BrN2O2S. The summed E-state index contributed by atoms with van der Waals surface area (Å²) in [6.45, 7) is 2.80. The monoisotopic (exact) mass is 396 g/mol. The third-order valence-electron chi connectivity index (χ3n) is 3.72. The molecule has 0 radical (unpaired) electrons. The smallest absolute Gasteiger partial charge is 0.242 e. The lowest BCUT2D eigenvalue weighted by Crippen LogP contribution is -2.22. The minimum Gasteiger partial charge on any atom is -0.306 e. The van der Waals surface area contributed by atoms with Gasteiger partial charge in [0.1, 0.15) is 0 Å². The van der Waals surface area contributed by atoms with Gasteiger partial charge in [0, 0.05) is 31.2 Å². The second-order valence-corrected chi connectivity index (χ2v) is 8.56. The van der Waals surface area contributed by atoms with Crippen LogP contribution in [-0.2, 0) is 16.6 Å². The number of sulfonamides is 1. The fraction of sp³-hybridized carbons (Fsp3) is 0.294. The predicted octanol–water partition coefficient (Wildman–Crippen LogP) is 3.55. The van der Waals surface area contributed by atoms with Crippen LogP contribution >= 0.6 is 15.9 Å². The average molecular weight is 397 g/mol. The molecule has 0 aliphatic carbocycles. The zero-order valence-corrected chi connectivity index (χ0v) is 15.9. The minimum atomic E-state index is -3.37. The van der Waals surface area contributed by atoms with Crippen molar-refractivity contribution in [3.05, 3.63) is 64.1 Å². The molecule has 23 heavy (non-hydrogen) atoms. The van der Waals surface area contributed by atoms with E-state index in [1.807, 2.05) is 30.3 Å². The van der Waals surface area contributed by atoms with Crippen LogP contribution in [0.25, 0.3) is 0 Å². The number of hydrogen-bond donors (Lipinski definition) is 1. The molecule has 1 atom stereocenters. The molecular weight excluding hydrogens is 376 g/mol. The van der Waals surface area contributed by atoms with Crippen molar-refractivity contribution < 1.29 is 8.42 Å². The van der Waals surface area contributed by atoms with Gasteiger partial charge in [0.2, 0.25) is 10.0 Å². The van der Waals surface area contributed by atoms with Crippen LogP contribution in [0.1, 0.15) is 24.1 Å². The molecule has 0 aromatic heterocycles. The average Bonchev–Trinajstić information content (AvgIpc) is 2.53. The third kappa shape index (κ3) is 4.41. The molecule has 4 nitrogen and oxygen atoms in total. The molecule has 6 heteroatoms. The van der Waals surface area contributed by atoms with Crippen molar-refractivity contribution in [2.75, 3.05) is 14.1 Å². The molecule has 1 unspecified atom stereocenters. The van der Waals surface area contributed by atoms with Crippen molar-refractivity contribution in [1.29, 1.82) is 0 Å². The van der Waals surface area contributed by atoms with E-state index in [-0.39, 0.29) is 6.04 Å². The van der Waals surface area contributed by atoms with Gasteiger partial charge in [-0.2, -0.15) is 0 Å². The molecule has 2 rings (SSSR count).